The predicted molar refractivity (Wildman–Crippen MR) is 127 cm³/mol. The predicted octanol–water partition coefficient (Wildman–Crippen LogP) is 3.50. The largest absolute Gasteiger partial charge is 0.366 e. The molecule has 4 N–H and O–H groups in total. The monoisotopic (exact) mass is 482 g/mol. The number of anilines is 1. The summed E-state index contributed by atoms with van der Waals surface area (Å²) in [6.45, 7) is 2.59. The first kappa shape index (κ1) is 23.6. The number of nitrogens with two attached hydrogens (primary N) is 1. The molecule has 31 heavy (non-hydrogen) atoms. The Hall–Kier alpha value is -2.06. The van der Waals surface area contributed by atoms with Gasteiger partial charge in [-0.05, 0) is 56.5 Å². The van der Waals surface area contributed by atoms with Gasteiger partial charge in [0.2, 0.25) is 5.91 Å². The van der Waals surface area contributed by atoms with E-state index in [-0.39, 0.29) is 30.2 Å². The molecule has 0 unspecified atom stereocenters. The number of nitrogens with one attached hydrogen (secondary N) is 2. The van der Waals surface area contributed by atoms with Crippen LogP contribution in [0.2, 0.25) is 5.02 Å². The van der Waals surface area contributed by atoms with E-state index in [0.29, 0.717) is 22.8 Å². The summed E-state index contributed by atoms with van der Waals surface area (Å²) in [6.07, 6.45) is 5.91. The average molecular weight is 484 g/mol. The molecule has 1 aromatic carbocycles. The summed E-state index contributed by atoms with van der Waals surface area (Å²) in [5.74, 6) is 0.516. The van der Waals surface area contributed by atoms with Gasteiger partial charge in [-0.3, -0.25) is 4.79 Å². The van der Waals surface area contributed by atoms with Crippen molar-refractivity contribution in [3.05, 3.63) is 57.9 Å². The zero-order chi connectivity index (χ0) is 20.0. The number of hydrogen-bond donors (Lipinski definition) is 3. The number of halogens is 3. The summed E-state index contributed by atoms with van der Waals surface area (Å²) in [6, 6.07) is 7.36. The molecule has 2 aromatic heterocycles. The van der Waals surface area contributed by atoms with Gasteiger partial charge >= 0.3 is 0 Å². The minimum absolute atomic E-state index is 0. The fourth-order valence-electron chi connectivity index (χ4n) is 4.75. The Labute approximate surface area is 197 Å². The van der Waals surface area contributed by atoms with Crippen LogP contribution in [0.4, 0.5) is 5.82 Å². The molecule has 3 heterocycles. The smallest absolute Gasteiger partial charge is 0.248 e. The van der Waals surface area contributed by atoms with Gasteiger partial charge in [0.25, 0.3) is 0 Å². The second-order valence-electron chi connectivity index (χ2n) is 7.96. The van der Waals surface area contributed by atoms with E-state index in [9.17, 15) is 4.79 Å². The molecule has 166 valence electrons. The normalized spacial score (nSPS) is 16.4. The Morgan fingerprint density at radius 2 is 2.03 bits per heavy atom. The molecule has 0 atom stereocenters. The first-order valence-corrected chi connectivity index (χ1v) is 10.4. The lowest BCUT2D eigenvalue weighted by molar-refractivity contribution is 0.1000. The van der Waals surface area contributed by atoms with Crippen molar-refractivity contribution in [2.24, 2.45) is 5.73 Å². The second kappa shape index (κ2) is 9.20. The molecule has 3 aromatic rings. The van der Waals surface area contributed by atoms with Gasteiger partial charge in [-0.1, -0.05) is 23.7 Å². The number of hydrogen-bond acceptors (Lipinski definition) is 5. The van der Waals surface area contributed by atoms with Gasteiger partial charge in [-0.15, -0.1) is 24.8 Å². The lowest BCUT2D eigenvalue weighted by atomic mass is 9.77. The molecule has 2 aliphatic rings. The zero-order valence-electron chi connectivity index (χ0n) is 16.9. The number of carbonyl (C=O) groups is 1. The highest BCUT2D eigenvalue weighted by Crippen LogP contribution is 2.46. The third-order valence-corrected chi connectivity index (χ3v) is 6.56. The quantitative estimate of drug-likeness (QED) is 0.528. The van der Waals surface area contributed by atoms with Crippen LogP contribution >= 0.6 is 36.4 Å². The van der Waals surface area contributed by atoms with Crippen LogP contribution in [0.25, 0.3) is 5.65 Å². The van der Waals surface area contributed by atoms with Crippen molar-refractivity contribution in [3.8, 4) is 0 Å². The highest BCUT2D eigenvalue weighted by atomic mass is 35.5. The molecule has 0 bridgehead atoms. The van der Waals surface area contributed by atoms with E-state index in [0.717, 1.165) is 50.2 Å². The van der Waals surface area contributed by atoms with E-state index in [1.165, 1.54) is 11.3 Å². The lowest BCUT2D eigenvalue weighted by Crippen LogP contribution is -2.39. The molecule has 1 aliphatic carbocycles. The van der Waals surface area contributed by atoms with Crippen molar-refractivity contribution < 1.29 is 4.79 Å². The topological polar surface area (TPSA) is 97.3 Å². The standard InChI is InChI=1S/C21H23ClN6O.2ClH/c22-16-12-26-28-19(25-11-13-2-1-3-14(10-13)18(23)29)15-4-5-21(6-8-24-9-7-21)17(15)27-20(16)28;;/h1-3,10,12,24-25H,4-9,11H2,(H2,23,29);2*1H. The number of rotatable bonds is 4. The van der Waals surface area contributed by atoms with Crippen LogP contribution in [0, 0.1) is 0 Å². The van der Waals surface area contributed by atoms with E-state index in [1.54, 1.807) is 16.8 Å². The molecule has 1 aliphatic heterocycles. The van der Waals surface area contributed by atoms with Crippen molar-refractivity contribution in [1.29, 1.82) is 0 Å². The zero-order valence-corrected chi connectivity index (χ0v) is 19.2. The number of amides is 1. The maximum absolute atomic E-state index is 11.5. The average Bonchev–Trinajstić information content (AvgIpc) is 3.28. The Morgan fingerprint density at radius 1 is 1.26 bits per heavy atom. The summed E-state index contributed by atoms with van der Waals surface area (Å²) in [7, 11) is 0. The van der Waals surface area contributed by atoms with Crippen LogP contribution in [0.5, 0.6) is 0 Å². The van der Waals surface area contributed by atoms with Crippen molar-refractivity contribution >= 4 is 53.8 Å². The fraction of sp³-hybridized carbons (Fsp3) is 0.381. The Balaban J connectivity index is 0.00000136. The molecule has 10 heteroatoms. The summed E-state index contributed by atoms with van der Waals surface area (Å²) >= 11 is 6.41. The van der Waals surface area contributed by atoms with E-state index in [4.69, 9.17) is 22.3 Å². The van der Waals surface area contributed by atoms with Crippen LogP contribution in [0.3, 0.4) is 0 Å². The van der Waals surface area contributed by atoms with Crippen molar-refractivity contribution in [3.63, 3.8) is 0 Å². The summed E-state index contributed by atoms with van der Waals surface area (Å²) in [5, 5.41) is 12.0. The number of carbonyl (C=O) groups excluding carboxylic acids is 1. The summed E-state index contributed by atoms with van der Waals surface area (Å²) < 4.78 is 1.80. The van der Waals surface area contributed by atoms with Crippen molar-refractivity contribution in [1.82, 2.24) is 19.9 Å². The van der Waals surface area contributed by atoms with Crippen LogP contribution < -0.4 is 16.4 Å². The number of nitrogens with zero attached hydrogens (tertiary/aromatic N) is 3. The molecule has 7 nitrogen and oxygen atoms in total. The van der Waals surface area contributed by atoms with Gasteiger partial charge < -0.3 is 16.4 Å². The molecule has 1 fully saturated rings. The molecular formula is C21H25Cl3N6O. The summed E-state index contributed by atoms with van der Waals surface area (Å²) in [4.78, 5) is 16.5. The first-order valence-electron chi connectivity index (χ1n) is 9.97. The van der Waals surface area contributed by atoms with Gasteiger partial charge in [-0.25, -0.2) is 4.98 Å². The maximum Gasteiger partial charge on any atom is 0.248 e. The van der Waals surface area contributed by atoms with Gasteiger partial charge in [0, 0.05) is 23.1 Å². The van der Waals surface area contributed by atoms with Gasteiger partial charge in [-0.2, -0.15) is 9.61 Å². The SMILES string of the molecule is Cl.Cl.NC(=O)c1cccc(CNc2c3c(nc4c(Cl)cnn24)C2(CCNCC2)CC3)c1. The lowest BCUT2D eigenvalue weighted by Gasteiger charge is -2.34. The Morgan fingerprint density at radius 3 is 2.77 bits per heavy atom. The number of fused-ring (bicyclic) bond motifs is 3. The van der Waals surface area contributed by atoms with E-state index < -0.39 is 5.91 Å². The van der Waals surface area contributed by atoms with Crippen LogP contribution in [0.1, 0.15) is 46.4 Å². The molecule has 1 spiro atoms. The Kier molecular flexibility index (Phi) is 7.01. The van der Waals surface area contributed by atoms with Crippen LogP contribution in [-0.2, 0) is 18.4 Å². The number of primary amides is 1. The molecule has 0 radical (unpaired) electrons. The second-order valence-corrected chi connectivity index (χ2v) is 8.37. The third-order valence-electron chi connectivity index (χ3n) is 6.29. The minimum Gasteiger partial charge on any atom is -0.366 e. The molecule has 0 saturated carbocycles. The van der Waals surface area contributed by atoms with Crippen molar-refractivity contribution in [2.45, 2.75) is 37.6 Å². The van der Waals surface area contributed by atoms with Crippen molar-refractivity contribution in [2.75, 3.05) is 18.4 Å². The van der Waals surface area contributed by atoms with Crippen LogP contribution in [0.15, 0.2) is 30.5 Å². The van der Waals surface area contributed by atoms with E-state index >= 15 is 0 Å². The molecular weight excluding hydrogens is 459 g/mol. The first-order chi connectivity index (χ1) is 14.1. The van der Waals surface area contributed by atoms with Gasteiger partial charge in [0.05, 0.1) is 11.9 Å². The molecule has 1 amide bonds. The highest BCUT2D eigenvalue weighted by molar-refractivity contribution is 6.33. The minimum atomic E-state index is -0.425. The maximum atomic E-state index is 11.5. The van der Waals surface area contributed by atoms with Gasteiger partial charge in [0.1, 0.15) is 10.8 Å². The number of piperidine rings is 1. The van der Waals surface area contributed by atoms with Crippen LogP contribution in [-0.4, -0.2) is 33.6 Å². The molecule has 5 rings (SSSR count). The number of benzene rings is 1. The fourth-order valence-corrected chi connectivity index (χ4v) is 4.92. The third kappa shape index (κ3) is 4.07. The highest BCUT2D eigenvalue weighted by Gasteiger charge is 2.43. The Bertz CT molecular complexity index is 1110. The number of aromatic nitrogens is 3. The van der Waals surface area contributed by atoms with E-state index in [1.807, 2.05) is 18.2 Å². The summed E-state index contributed by atoms with van der Waals surface area (Å²) in [5.41, 5.74) is 10.1. The molecule has 1 saturated heterocycles. The van der Waals surface area contributed by atoms with E-state index in [2.05, 4.69) is 15.7 Å². The van der Waals surface area contributed by atoms with Gasteiger partial charge in [0.15, 0.2) is 5.65 Å².